The average Bonchev–Trinajstić information content (AvgIpc) is 3.25. The number of rotatable bonds is 23. The van der Waals surface area contributed by atoms with Crippen molar-refractivity contribution < 1.29 is 47.4 Å². The van der Waals surface area contributed by atoms with Gasteiger partial charge in [-0.1, -0.05) is 56.7 Å². The average molecular weight is 785 g/mol. The first-order chi connectivity index (χ1) is 27.8. The Kier molecular flexibility index (Phi) is 15.9. The minimum Gasteiger partial charge on any atom is -0.497 e. The Morgan fingerprint density at radius 1 is 0.491 bits per heavy atom. The van der Waals surface area contributed by atoms with Crippen molar-refractivity contribution in [2.75, 3.05) is 68.3 Å². The Labute approximate surface area is 336 Å². The van der Waals surface area contributed by atoms with E-state index < -0.39 is 6.17 Å². The summed E-state index contributed by atoms with van der Waals surface area (Å²) in [6.45, 7) is 1.18. The molecule has 0 saturated carbocycles. The Hall–Kier alpha value is -5.91. The summed E-state index contributed by atoms with van der Waals surface area (Å²) in [5.74, 6) is 5.31. The summed E-state index contributed by atoms with van der Waals surface area (Å²) in [4.78, 5) is 12.8. The number of amides is 1. The minimum atomic E-state index is -0.392. The standard InChI is InChI=1S/C45H56N2O10/c1-49-33-19-20-35-34(29-33)45(48)47-44(46-35)32-18-21-36(37(28-32)50-2)56-22-14-12-10-8-9-11-13-15-23-57-43-40(53-5)26-31(27-41(43)54-6)17-16-30-24-38(51-3)42(55-7)39(25-30)52-4/h16-21,24-29,44,46H,8-15,22-23H2,1-7H3,(H,47,48). The Balaban J connectivity index is 0.984. The molecule has 0 saturated heterocycles. The van der Waals surface area contributed by atoms with E-state index in [2.05, 4.69) is 10.6 Å². The van der Waals surface area contributed by atoms with Gasteiger partial charge in [-0.3, -0.25) is 4.79 Å². The molecule has 306 valence electrons. The molecular formula is C45H56N2O10. The third-order valence-electron chi connectivity index (χ3n) is 9.75. The van der Waals surface area contributed by atoms with Gasteiger partial charge in [0.25, 0.3) is 5.91 Å². The van der Waals surface area contributed by atoms with Gasteiger partial charge in [-0.05, 0) is 84.1 Å². The molecule has 0 aliphatic carbocycles. The molecule has 0 radical (unpaired) electrons. The van der Waals surface area contributed by atoms with Gasteiger partial charge >= 0.3 is 0 Å². The molecule has 0 spiro atoms. The summed E-state index contributed by atoms with van der Waals surface area (Å²) < 4.78 is 50.9. The van der Waals surface area contributed by atoms with Crippen molar-refractivity contribution in [3.05, 3.63) is 82.9 Å². The molecule has 0 aromatic heterocycles. The van der Waals surface area contributed by atoms with Crippen LogP contribution >= 0.6 is 0 Å². The van der Waals surface area contributed by atoms with Crippen LogP contribution in [0.1, 0.15) is 84.6 Å². The zero-order valence-corrected chi connectivity index (χ0v) is 34.2. The molecule has 12 nitrogen and oxygen atoms in total. The van der Waals surface area contributed by atoms with Crippen LogP contribution in [0.2, 0.25) is 0 Å². The molecule has 1 atom stereocenters. The van der Waals surface area contributed by atoms with Crippen LogP contribution in [-0.4, -0.2) is 68.9 Å². The van der Waals surface area contributed by atoms with Crippen LogP contribution in [0, 0.1) is 0 Å². The van der Waals surface area contributed by atoms with E-state index in [0.717, 1.165) is 60.9 Å². The van der Waals surface area contributed by atoms with E-state index in [1.54, 1.807) is 55.8 Å². The van der Waals surface area contributed by atoms with E-state index in [1.165, 1.54) is 12.8 Å². The lowest BCUT2D eigenvalue weighted by atomic mass is 10.0. The molecule has 1 unspecified atom stereocenters. The van der Waals surface area contributed by atoms with Gasteiger partial charge in [-0.2, -0.15) is 0 Å². The molecule has 4 aromatic carbocycles. The molecule has 1 amide bonds. The number of anilines is 1. The number of carbonyl (C=O) groups is 1. The number of unbranched alkanes of at least 4 members (excludes halogenated alkanes) is 7. The van der Waals surface area contributed by atoms with Gasteiger partial charge < -0.3 is 53.3 Å². The molecule has 1 aliphatic rings. The van der Waals surface area contributed by atoms with E-state index >= 15 is 0 Å². The highest BCUT2D eigenvalue weighted by Crippen LogP contribution is 2.41. The van der Waals surface area contributed by atoms with Gasteiger partial charge in [0.05, 0.1) is 68.5 Å². The summed E-state index contributed by atoms with van der Waals surface area (Å²) in [5, 5.41) is 6.39. The van der Waals surface area contributed by atoms with Gasteiger partial charge in [0, 0.05) is 5.69 Å². The zero-order valence-electron chi connectivity index (χ0n) is 34.2. The normalized spacial score (nSPS) is 13.2. The van der Waals surface area contributed by atoms with Crippen molar-refractivity contribution in [1.82, 2.24) is 5.32 Å². The van der Waals surface area contributed by atoms with E-state index in [0.29, 0.717) is 70.5 Å². The maximum absolute atomic E-state index is 12.8. The predicted octanol–water partition coefficient (Wildman–Crippen LogP) is 9.35. The Bertz CT molecular complexity index is 1910. The third kappa shape index (κ3) is 11.1. The van der Waals surface area contributed by atoms with Crippen molar-refractivity contribution in [2.24, 2.45) is 0 Å². The van der Waals surface area contributed by atoms with Gasteiger partial charge in [0.1, 0.15) is 11.9 Å². The number of nitrogens with one attached hydrogen (secondary N) is 2. The van der Waals surface area contributed by atoms with E-state index in [-0.39, 0.29) is 5.91 Å². The van der Waals surface area contributed by atoms with Crippen molar-refractivity contribution in [3.8, 4) is 51.7 Å². The summed E-state index contributed by atoms with van der Waals surface area (Å²) in [6, 6.07) is 18.8. The SMILES string of the molecule is COc1ccc2c(c1)C(=O)NC(c1ccc(OCCCCCCCCCCOc3c(OC)cc(C=Cc4cc(OC)c(OC)c(OC)c4)cc3OC)c(OC)c1)N2. The maximum atomic E-state index is 12.8. The summed E-state index contributed by atoms with van der Waals surface area (Å²) in [5.41, 5.74) is 3.94. The number of carbonyl (C=O) groups excluding carboxylic acids is 1. The first-order valence-corrected chi connectivity index (χ1v) is 19.3. The van der Waals surface area contributed by atoms with E-state index in [1.807, 2.05) is 66.7 Å². The molecule has 57 heavy (non-hydrogen) atoms. The zero-order chi connectivity index (χ0) is 40.6. The first-order valence-electron chi connectivity index (χ1n) is 19.3. The van der Waals surface area contributed by atoms with Gasteiger partial charge in [-0.15, -0.1) is 0 Å². The smallest absolute Gasteiger partial charge is 0.255 e. The number of ether oxygens (including phenoxy) is 9. The van der Waals surface area contributed by atoms with Crippen LogP contribution in [0.5, 0.6) is 51.7 Å². The summed E-state index contributed by atoms with van der Waals surface area (Å²) in [6.07, 6.45) is 12.3. The van der Waals surface area contributed by atoms with Crippen LogP contribution in [0.15, 0.2) is 60.7 Å². The lowest BCUT2D eigenvalue weighted by Gasteiger charge is -2.28. The number of benzene rings is 4. The monoisotopic (exact) mass is 784 g/mol. The number of hydrogen-bond acceptors (Lipinski definition) is 11. The molecule has 4 aromatic rings. The number of fused-ring (bicyclic) bond motifs is 1. The molecule has 1 heterocycles. The number of hydrogen-bond donors (Lipinski definition) is 2. The highest BCUT2D eigenvalue weighted by molar-refractivity contribution is 6.02. The van der Waals surface area contributed by atoms with Crippen LogP contribution in [0.4, 0.5) is 5.69 Å². The van der Waals surface area contributed by atoms with Crippen LogP contribution < -0.4 is 53.3 Å². The van der Waals surface area contributed by atoms with Crippen LogP contribution in [-0.2, 0) is 0 Å². The van der Waals surface area contributed by atoms with Crippen LogP contribution in [0.25, 0.3) is 12.2 Å². The fraction of sp³-hybridized carbons (Fsp3) is 0.400. The van der Waals surface area contributed by atoms with Gasteiger partial charge in [0.15, 0.2) is 34.5 Å². The van der Waals surface area contributed by atoms with Crippen molar-refractivity contribution in [2.45, 2.75) is 57.5 Å². The lowest BCUT2D eigenvalue weighted by Crippen LogP contribution is -2.38. The van der Waals surface area contributed by atoms with Crippen LogP contribution in [0.3, 0.4) is 0 Å². The number of methoxy groups -OCH3 is 7. The first kappa shape index (κ1) is 42.2. The van der Waals surface area contributed by atoms with Crippen molar-refractivity contribution in [3.63, 3.8) is 0 Å². The summed E-state index contributed by atoms with van der Waals surface area (Å²) in [7, 11) is 11.2. The maximum Gasteiger partial charge on any atom is 0.255 e. The van der Waals surface area contributed by atoms with E-state index in [9.17, 15) is 4.79 Å². The van der Waals surface area contributed by atoms with E-state index in [4.69, 9.17) is 42.6 Å². The second-order valence-electron chi connectivity index (χ2n) is 13.4. The molecule has 1 aliphatic heterocycles. The summed E-state index contributed by atoms with van der Waals surface area (Å²) >= 11 is 0. The second kappa shape index (κ2) is 21.4. The fourth-order valence-corrected chi connectivity index (χ4v) is 6.66. The molecular weight excluding hydrogens is 728 g/mol. The topological polar surface area (TPSA) is 124 Å². The molecule has 0 fully saturated rings. The van der Waals surface area contributed by atoms with Crippen molar-refractivity contribution >= 4 is 23.7 Å². The largest absolute Gasteiger partial charge is 0.497 e. The molecule has 5 rings (SSSR count). The highest BCUT2D eigenvalue weighted by Gasteiger charge is 2.26. The predicted molar refractivity (Wildman–Crippen MR) is 222 cm³/mol. The third-order valence-corrected chi connectivity index (χ3v) is 9.75. The van der Waals surface area contributed by atoms with Crippen molar-refractivity contribution in [1.29, 1.82) is 0 Å². The molecule has 2 N–H and O–H groups in total. The quantitative estimate of drug-likeness (QED) is 0.0553. The van der Waals surface area contributed by atoms with Gasteiger partial charge in [-0.25, -0.2) is 0 Å². The molecule has 0 bridgehead atoms. The Morgan fingerprint density at radius 2 is 1.02 bits per heavy atom. The lowest BCUT2D eigenvalue weighted by molar-refractivity contribution is 0.0935. The highest BCUT2D eigenvalue weighted by atomic mass is 16.5. The van der Waals surface area contributed by atoms with Gasteiger partial charge in [0.2, 0.25) is 11.5 Å². The fourth-order valence-electron chi connectivity index (χ4n) is 6.66. The Morgan fingerprint density at radius 3 is 1.54 bits per heavy atom. The second-order valence-corrected chi connectivity index (χ2v) is 13.4. The molecule has 12 heteroatoms. The minimum absolute atomic E-state index is 0.165.